The fraction of sp³-hybridized carbons (Fsp3) is 0.737. The maximum atomic E-state index is 12.6. The monoisotopic (exact) mass is 394 g/mol. The van der Waals surface area contributed by atoms with Crippen molar-refractivity contribution in [3.63, 3.8) is 0 Å². The smallest absolute Gasteiger partial charge is 0.240 e. The van der Waals surface area contributed by atoms with Crippen molar-refractivity contribution in [1.82, 2.24) is 14.8 Å². The number of nitrogens with zero attached hydrogens (tertiary/aromatic N) is 3. The number of likely N-dealkylation sites (N-methyl/N-ethyl adjacent to an activating group) is 1. The predicted octanol–water partition coefficient (Wildman–Crippen LogP) is 1.68. The predicted molar refractivity (Wildman–Crippen MR) is 106 cm³/mol. The van der Waals surface area contributed by atoms with Crippen LogP contribution in [0.5, 0.6) is 0 Å². The zero-order chi connectivity index (χ0) is 19.8. The van der Waals surface area contributed by atoms with E-state index < -0.39 is 11.5 Å². The third kappa shape index (κ3) is 4.50. The average molecular weight is 395 g/mol. The third-order valence-corrected chi connectivity index (χ3v) is 6.37. The van der Waals surface area contributed by atoms with E-state index in [4.69, 9.17) is 0 Å². The molecule has 0 aliphatic carbocycles. The number of thiazole rings is 1. The molecule has 150 valence electrons. The number of aliphatic hydroxyl groups excluding tert-OH is 1. The van der Waals surface area contributed by atoms with Crippen molar-refractivity contribution in [2.75, 3.05) is 38.5 Å². The average Bonchev–Trinajstić information content (AvgIpc) is 3.03. The maximum absolute atomic E-state index is 12.6. The molecule has 2 N–H and O–H groups in total. The van der Waals surface area contributed by atoms with Crippen LogP contribution in [0, 0.1) is 5.41 Å². The van der Waals surface area contributed by atoms with Crippen molar-refractivity contribution in [2.45, 2.75) is 51.6 Å². The summed E-state index contributed by atoms with van der Waals surface area (Å²) in [5.41, 5.74) is 0.475. The number of likely N-dealkylation sites (tertiary alicyclic amines) is 2. The Bertz CT molecular complexity index is 704. The number of carbonyl (C=O) groups excluding carboxylic acids is 2. The Morgan fingerprint density at radius 2 is 2.07 bits per heavy atom. The number of hydrogen-bond acceptors (Lipinski definition) is 6. The van der Waals surface area contributed by atoms with Gasteiger partial charge in [-0.05, 0) is 32.4 Å². The van der Waals surface area contributed by atoms with Crippen LogP contribution >= 0.6 is 11.3 Å². The molecule has 27 heavy (non-hydrogen) atoms. The van der Waals surface area contributed by atoms with Crippen LogP contribution in [-0.2, 0) is 15.0 Å². The number of aromatic nitrogens is 1. The number of aliphatic hydroxyl groups is 1. The molecule has 2 amide bonds. The van der Waals surface area contributed by atoms with Gasteiger partial charge in [-0.25, -0.2) is 4.98 Å². The number of hydrogen-bond donors (Lipinski definition) is 2. The van der Waals surface area contributed by atoms with Crippen LogP contribution in [0.3, 0.4) is 0 Å². The molecule has 1 aromatic heterocycles. The topological polar surface area (TPSA) is 85.8 Å². The van der Waals surface area contributed by atoms with E-state index >= 15 is 0 Å². The minimum absolute atomic E-state index is 0.0368. The Hall–Kier alpha value is -1.51. The largest absolute Gasteiger partial charge is 0.391 e. The van der Waals surface area contributed by atoms with Crippen LogP contribution < -0.4 is 5.32 Å². The molecule has 1 spiro atoms. The summed E-state index contributed by atoms with van der Waals surface area (Å²) in [6, 6.07) is 0. The molecule has 0 radical (unpaired) electrons. The lowest BCUT2D eigenvalue weighted by Crippen LogP contribution is -2.56. The van der Waals surface area contributed by atoms with Gasteiger partial charge in [0.15, 0.2) is 5.13 Å². The Morgan fingerprint density at radius 3 is 2.67 bits per heavy atom. The van der Waals surface area contributed by atoms with Gasteiger partial charge < -0.3 is 15.3 Å². The van der Waals surface area contributed by atoms with Crippen LogP contribution in [-0.4, -0.2) is 71.0 Å². The lowest BCUT2D eigenvalue weighted by molar-refractivity contribution is -0.154. The first kappa shape index (κ1) is 20.2. The third-order valence-electron chi connectivity index (χ3n) is 5.61. The molecule has 0 saturated carbocycles. The Kier molecular flexibility index (Phi) is 5.61. The van der Waals surface area contributed by atoms with Crippen LogP contribution in [0.15, 0.2) is 5.38 Å². The van der Waals surface area contributed by atoms with E-state index in [1.807, 2.05) is 5.38 Å². The molecule has 2 aliphatic rings. The number of anilines is 1. The van der Waals surface area contributed by atoms with Crippen molar-refractivity contribution in [3.05, 3.63) is 11.1 Å². The summed E-state index contributed by atoms with van der Waals surface area (Å²) in [7, 11) is 1.76. The van der Waals surface area contributed by atoms with Gasteiger partial charge >= 0.3 is 0 Å². The lowest BCUT2D eigenvalue weighted by Gasteiger charge is -2.46. The minimum Gasteiger partial charge on any atom is -0.391 e. The molecular formula is C19H30N4O3S. The van der Waals surface area contributed by atoms with E-state index in [2.05, 4.69) is 36.0 Å². The second kappa shape index (κ2) is 7.48. The van der Waals surface area contributed by atoms with Crippen molar-refractivity contribution in [1.29, 1.82) is 0 Å². The van der Waals surface area contributed by atoms with Crippen LogP contribution in [0.25, 0.3) is 0 Å². The highest BCUT2D eigenvalue weighted by molar-refractivity contribution is 7.13. The Morgan fingerprint density at radius 1 is 1.41 bits per heavy atom. The second-order valence-corrected chi connectivity index (χ2v) is 9.79. The molecule has 2 aliphatic heterocycles. The number of amides is 2. The van der Waals surface area contributed by atoms with Gasteiger partial charge in [0.2, 0.25) is 11.8 Å². The number of piperidine rings is 2. The molecule has 3 heterocycles. The minimum atomic E-state index is -0.462. The van der Waals surface area contributed by atoms with E-state index in [0.717, 1.165) is 5.69 Å². The van der Waals surface area contributed by atoms with Gasteiger partial charge in [0.05, 0.1) is 23.8 Å². The molecule has 3 rings (SSSR count). The van der Waals surface area contributed by atoms with E-state index in [1.54, 1.807) is 11.9 Å². The van der Waals surface area contributed by atoms with Crippen LogP contribution in [0.2, 0.25) is 0 Å². The summed E-state index contributed by atoms with van der Waals surface area (Å²) in [4.78, 5) is 33.2. The van der Waals surface area contributed by atoms with E-state index in [1.165, 1.54) is 11.3 Å². The van der Waals surface area contributed by atoms with Gasteiger partial charge in [0.1, 0.15) is 0 Å². The molecule has 0 bridgehead atoms. The zero-order valence-corrected chi connectivity index (χ0v) is 17.4. The first-order valence-electron chi connectivity index (χ1n) is 9.51. The summed E-state index contributed by atoms with van der Waals surface area (Å²) >= 11 is 1.45. The standard InChI is InChI=1S/C19H30N4O3S/c1-18(2,3)14-12-27-17(20-14)21-15(25)11-23-7-5-19(6-8-23)9-13(24)10-22(4)16(19)26/h12-13,24H,5-11H2,1-4H3,(H,20,21,25). The molecular weight excluding hydrogens is 364 g/mol. The van der Waals surface area contributed by atoms with Crippen molar-refractivity contribution in [2.24, 2.45) is 5.41 Å². The highest BCUT2D eigenvalue weighted by Crippen LogP contribution is 2.40. The van der Waals surface area contributed by atoms with Crippen LogP contribution in [0.4, 0.5) is 5.13 Å². The summed E-state index contributed by atoms with van der Waals surface area (Å²) in [6.45, 7) is 8.37. The van der Waals surface area contributed by atoms with E-state index in [0.29, 0.717) is 50.6 Å². The van der Waals surface area contributed by atoms with Crippen LogP contribution in [0.1, 0.15) is 45.7 Å². The molecule has 2 saturated heterocycles. The highest BCUT2D eigenvalue weighted by Gasteiger charge is 2.47. The quantitative estimate of drug-likeness (QED) is 0.815. The van der Waals surface area contributed by atoms with Gasteiger partial charge in [0, 0.05) is 24.4 Å². The Balaban J connectivity index is 1.52. The molecule has 8 heteroatoms. The molecule has 1 unspecified atom stereocenters. The van der Waals surface area contributed by atoms with Crippen molar-refractivity contribution >= 4 is 28.3 Å². The fourth-order valence-electron chi connectivity index (χ4n) is 4.00. The van der Waals surface area contributed by atoms with Gasteiger partial charge in [-0.1, -0.05) is 20.8 Å². The van der Waals surface area contributed by atoms with Gasteiger partial charge in [-0.3, -0.25) is 14.5 Å². The normalized spacial score (nSPS) is 23.7. The van der Waals surface area contributed by atoms with E-state index in [9.17, 15) is 14.7 Å². The molecule has 7 nitrogen and oxygen atoms in total. The maximum Gasteiger partial charge on any atom is 0.240 e. The lowest BCUT2D eigenvalue weighted by atomic mass is 9.71. The van der Waals surface area contributed by atoms with Gasteiger partial charge in [-0.2, -0.15) is 0 Å². The highest BCUT2D eigenvalue weighted by atomic mass is 32.1. The molecule has 2 fully saturated rings. The summed E-state index contributed by atoms with van der Waals surface area (Å²) < 4.78 is 0. The first-order valence-corrected chi connectivity index (χ1v) is 10.4. The second-order valence-electron chi connectivity index (χ2n) is 8.94. The zero-order valence-electron chi connectivity index (χ0n) is 16.6. The summed E-state index contributed by atoms with van der Waals surface area (Å²) in [6.07, 6.45) is 1.45. The van der Waals surface area contributed by atoms with E-state index in [-0.39, 0.29) is 17.2 Å². The Labute approximate surface area is 164 Å². The molecule has 1 atom stereocenters. The molecule has 0 aromatic carbocycles. The number of rotatable bonds is 3. The SMILES string of the molecule is CN1CC(O)CC2(CCN(CC(=O)Nc3nc(C(C)(C)C)cs3)CC2)C1=O. The first-order chi connectivity index (χ1) is 12.6. The summed E-state index contributed by atoms with van der Waals surface area (Å²) in [5.74, 6) is 0.0577. The molecule has 1 aromatic rings. The number of carbonyl (C=O) groups is 2. The van der Waals surface area contributed by atoms with Gasteiger partial charge in [0.25, 0.3) is 0 Å². The van der Waals surface area contributed by atoms with Crippen molar-refractivity contribution in [3.8, 4) is 0 Å². The number of nitrogens with one attached hydrogen (secondary N) is 1. The van der Waals surface area contributed by atoms with Crippen molar-refractivity contribution < 1.29 is 14.7 Å². The van der Waals surface area contributed by atoms with Gasteiger partial charge in [-0.15, -0.1) is 11.3 Å². The summed E-state index contributed by atoms with van der Waals surface area (Å²) in [5, 5.41) is 15.6. The fourth-order valence-corrected chi connectivity index (χ4v) is 4.95. The number of β-amino-alcohol motifs (C(OH)–C–C–N with tert-alkyl or cyclic N) is 1.